The van der Waals surface area contributed by atoms with E-state index in [1.807, 2.05) is 0 Å². The quantitative estimate of drug-likeness (QED) is 0.693. The van der Waals surface area contributed by atoms with Gasteiger partial charge in [-0.1, -0.05) is 41.0 Å². The molecule has 0 aliphatic carbocycles. The van der Waals surface area contributed by atoms with E-state index >= 15 is 0 Å². The average molecular weight is 183 g/mol. The van der Waals surface area contributed by atoms with Crippen LogP contribution in [0.3, 0.4) is 0 Å². The molecular formula is C12H25N. The van der Waals surface area contributed by atoms with E-state index in [9.17, 15) is 0 Å². The molecule has 1 nitrogen and oxygen atoms in total. The maximum Gasteiger partial charge on any atom is 0.0255 e. The summed E-state index contributed by atoms with van der Waals surface area (Å²) < 4.78 is 0. The molecule has 0 aromatic carbocycles. The Labute approximate surface area is 83.3 Å². The lowest BCUT2D eigenvalue weighted by Gasteiger charge is -2.47. The number of hydrogen-bond acceptors (Lipinski definition) is 1. The fourth-order valence-corrected chi connectivity index (χ4v) is 2.92. The summed E-state index contributed by atoms with van der Waals surface area (Å²) in [6.45, 7) is 13.0. The smallest absolute Gasteiger partial charge is 0.0255 e. The molecule has 2 unspecified atom stereocenters. The van der Waals surface area contributed by atoms with Gasteiger partial charge in [0.05, 0.1) is 0 Å². The molecule has 0 spiro atoms. The van der Waals surface area contributed by atoms with Crippen molar-refractivity contribution >= 4 is 0 Å². The van der Waals surface area contributed by atoms with E-state index in [-0.39, 0.29) is 0 Å². The fourth-order valence-electron chi connectivity index (χ4n) is 2.92. The van der Waals surface area contributed by atoms with Crippen molar-refractivity contribution in [2.75, 3.05) is 6.54 Å². The predicted molar refractivity (Wildman–Crippen MR) is 58.9 cm³/mol. The van der Waals surface area contributed by atoms with Gasteiger partial charge in [-0.2, -0.15) is 0 Å². The summed E-state index contributed by atoms with van der Waals surface area (Å²) in [6, 6.07) is 0. The lowest BCUT2D eigenvalue weighted by molar-refractivity contribution is 0.0934. The first-order chi connectivity index (χ1) is 5.94. The molecule has 0 saturated carbocycles. The maximum atomic E-state index is 3.76. The molecule has 1 N–H and O–H groups in total. The van der Waals surface area contributed by atoms with Crippen molar-refractivity contribution < 1.29 is 0 Å². The first kappa shape index (κ1) is 11.0. The second kappa shape index (κ2) is 3.61. The minimum Gasteiger partial charge on any atom is -0.310 e. The third-order valence-electron chi connectivity index (χ3n) is 3.98. The van der Waals surface area contributed by atoms with Crippen molar-refractivity contribution in [3.8, 4) is 0 Å². The van der Waals surface area contributed by atoms with Crippen LogP contribution in [0.15, 0.2) is 0 Å². The number of rotatable bonds is 2. The fraction of sp³-hybridized carbons (Fsp3) is 1.00. The van der Waals surface area contributed by atoms with Crippen LogP contribution in [0.5, 0.6) is 0 Å². The molecule has 1 fully saturated rings. The van der Waals surface area contributed by atoms with Crippen molar-refractivity contribution in [2.45, 2.75) is 59.4 Å². The Morgan fingerprint density at radius 2 is 2.00 bits per heavy atom. The van der Waals surface area contributed by atoms with Crippen LogP contribution < -0.4 is 5.32 Å². The lowest BCUT2D eigenvalue weighted by atomic mass is 9.65. The van der Waals surface area contributed by atoms with Gasteiger partial charge in [-0.3, -0.25) is 0 Å². The van der Waals surface area contributed by atoms with Crippen LogP contribution in [0, 0.1) is 11.3 Å². The number of hydrogen-bond donors (Lipinski definition) is 1. The van der Waals surface area contributed by atoms with Gasteiger partial charge < -0.3 is 5.32 Å². The van der Waals surface area contributed by atoms with Gasteiger partial charge in [-0.15, -0.1) is 0 Å². The first-order valence-corrected chi connectivity index (χ1v) is 5.69. The zero-order valence-electron chi connectivity index (χ0n) is 9.91. The van der Waals surface area contributed by atoms with Crippen molar-refractivity contribution in [2.24, 2.45) is 11.3 Å². The second-order valence-corrected chi connectivity index (χ2v) is 5.56. The molecule has 78 valence electrons. The van der Waals surface area contributed by atoms with Crippen LogP contribution in [-0.2, 0) is 0 Å². The molecule has 2 atom stereocenters. The lowest BCUT2D eigenvalue weighted by Crippen LogP contribution is -2.55. The standard InChI is InChI=1S/C12H25N/c1-6-10(2)12(11(3,4)5)8-7-9-13-12/h10,13H,6-9H2,1-5H3. The van der Waals surface area contributed by atoms with Crippen LogP contribution in [0.4, 0.5) is 0 Å². The third-order valence-corrected chi connectivity index (χ3v) is 3.98. The molecule has 0 radical (unpaired) electrons. The van der Waals surface area contributed by atoms with Gasteiger partial charge in [-0.05, 0) is 30.7 Å². The zero-order valence-corrected chi connectivity index (χ0v) is 9.91. The van der Waals surface area contributed by atoms with E-state index in [0.717, 1.165) is 5.92 Å². The highest BCUT2D eigenvalue weighted by Crippen LogP contribution is 2.43. The average Bonchev–Trinajstić information content (AvgIpc) is 2.50. The Bertz CT molecular complexity index is 160. The SMILES string of the molecule is CCC(C)C1(C(C)(C)C)CCCN1. The Balaban J connectivity index is 2.87. The Morgan fingerprint density at radius 3 is 2.31 bits per heavy atom. The Kier molecular flexibility index (Phi) is 3.06. The van der Waals surface area contributed by atoms with E-state index in [0.29, 0.717) is 11.0 Å². The molecule has 13 heavy (non-hydrogen) atoms. The minimum absolute atomic E-state index is 0.388. The predicted octanol–water partition coefficient (Wildman–Crippen LogP) is 3.20. The van der Waals surface area contributed by atoms with Gasteiger partial charge in [0.15, 0.2) is 0 Å². The minimum atomic E-state index is 0.388. The van der Waals surface area contributed by atoms with Gasteiger partial charge in [-0.25, -0.2) is 0 Å². The molecule has 0 amide bonds. The van der Waals surface area contributed by atoms with Gasteiger partial charge in [0.25, 0.3) is 0 Å². The van der Waals surface area contributed by atoms with Crippen LogP contribution in [0.1, 0.15) is 53.9 Å². The first-order valence-electron chi connectivity index (χ1n) is 5.69. The van der Waals surface area contributed by atoms with E-state index in [1.165, 1.54) is 25.8 Å². The summed E-state index contributed by atoms with van der Waals surface area (Å²) in [4.78, 5) is 0. The Hall–Kier alpha value is -0.0400. The van der Waals surface area contributed by atoms with Gasteiger partial charge in [0.1, 0.15) is 0 Å². The van der Waals surface area contributed by atoms with Crippen molar-refractivity contribution in [3.05, 3.63) is 0 Å². The Morgan fingerprint density at radius 1 is 1.38 bits per heavy atom. The molecule has 1 aliphatic heterocycles. The maximum absolute atomic E-state index is 3.76. The molecule has 0 aromatic heterocycles. The molecule has 1 heteroatoms. The third kappa shape index (κ3) is 1.76. The van der Waals surface area contributed by atoms with Gasteiger partial charge >= 0.3 is 0 Å². The van der Waals surface area contributed by atoms with Crippen LogP contribution >= 0.6 is 0 Å². The largest absolute Gasteiger partial charge is 0.310 e. The molecule has 0 bridgehead atoms. The highest BCUT2D eigenvalue weighted by atomic mass is 15.0. The normalized spacial score (nSPS) is 32.1. The monoisotopic (exact) mass is 183 g/mol. The van der Waals surface area contributed by atoms with E-state index < -0.39 is 0 Å². The van der Waals surface area contributed by atoms with E-state index in [2.05, 4.69) is 39.9 Å². The second-order valence-electron chi connectivity index (χ2n) is 5.56. The summed E-state index contributed by atoms with van der Waals surface area (Å²) in [5.74, 6) is 0.787. The molecule has 0 aromatic rings. The van der Waals surface area contributed by atoms with Gasteiger partial charge in [0, 0.05) is 5.54 Å². The number of nitrogens with one attached hydrogen (secondary N) is 1. The highest BCUT2D eigenvalue weighted by Gasteiger charge is 2.46. The van der Waals surface area contributed by atoms with Crippen molar-refractivity contribution in [1.82, 2.24) is 5.32 Å². The molecule has 1 heterocycles. The molecule has 1 aliphatic rings. The summed E-state index contributed by atoms with van der Waals surface area (Å²) in [7, 11) is 0. The molecule has 1 saturated heterocycles. The summed E-state index contributed by atoms with van der Waals surface area (Å²) in [6.07, 6.45) is 3.98. The van der Waals surface area contributed by atoms with Crippen LogP contribution in [0.2, 0.25) is 0 Å². The topological polar surface area (TPSA) is 12.0 Å². The zero-order chi connectivity index (χ0) is 10.1. The van der Waals surface area contributed by atoms with E-state index in [1.54, 1.807) is 0 Å². The van der Waals surface area contributed by atoms with Crippen LogP contribution in [0.25, 0.3) is 0 Å². The molecule has 1 rings (SSSR count). The summed E-state index contributed by atoms with van der Waals surface area (Å²) in [5, 5.41) is 3.76. The summed E-state index contributed by atoms with van der Waals surface area (Å²) >= 11 is 0. The highest BCUT2D eigenvalue weighted by molar-refractivity contribution is 5.04. The van der Waals surface area contributed by atoms with E-state index in [4.69, 9.17) is 0 Å². The van der Waals surface area contributed by atoms with Crippen molar-refractivity contribution in [3.63, 3.8) is 0 Å². The summed E-state index contributed by atoms with van der Waals surface area (Å²) in [5.41, 5.74) is 0.778. The van der Waals surface area contributed by atoms with Crippen molar-refractivity contribution in [1.29, 1.82) is 0 Å². The van der Waals surface area contributed by atoms with Gasteiger partial charge in [0.2, 0.25) is 0 Å². The van der Waals surface area contributed by atoms with Crippen LogP contribution in [-0.4, -0.2) is 12.1 Å². The molecular weight excluding hydrogens is 158 g/mol.